The minimum absolute atomic E-state index is 0.0636. The minimum Gasteiger partial charge on any atom is -0.477 e. The highest BCUT2D eigenvalue weighted by atomic mass is 16.4. The molecule has 0 bridgehead atoms. The van der Waals surface area contributed by atoms with Crippen LogP contribution in [0.3, 0.4) is 0 Å². The van der Waals surface area contributed by atoms with Crippen molar-refractivity contribution in [2.45, 2.75) is 26.7 Å². The van der Waals surface area contributed by atoms with Crippen LogP contribution in [0.15, 0.2) is 18.3 Å². The zero-order valence-electron chi connectivity index (χ0n) is 10.6. The molecule has 0 aliphatic heterocycles. The lowest BCUT2D eigenvalue weighted by atomic mass is 10.1. The van der Waals surface area contributed by atoms with E-state index < -0.39 is 5.97 Å². The Labute approximate surface area is 106 Å². The summed E-state index contributed by atoms with van der Waals surface area (Å²) < 4.78 is 0. The number of amides is 1. The normalized spacial score (nSPS) is 10.4. The van der Waals surface area contributed by atoms with Crippen molar-refractivity contribution in [1.29, 1.82) is 0 Å². The molecule has 0 aromatic carbocycles. The molecule has 98 valence electrons. The number of rotatable bonds is 6. The van der Waals surface area contributed by atoms with Crippen molar-refractivity contribution in [2.75, 3.05) is 6.54 Å². The van der Waals surface area contributed by atoms with Crippen LogP contribution >= 0.6 is 0 Å². The number of carbonyl (C=O) groups is 2. The molecule has 0 aliphatic rings. The second-order valence-electron chi connectivity index (χ2n) is 4.53. The number of carboxylic acid groups (broad SMARTS) is 1. The number of carboxylic acids is 1. The summed E-state index contributed by atoms with van der Waals surface area (Å²) in [5, 5.41) is 11.5. The van der Waals surface area contributed by atoms with Crippen molar-refractivity contribution < 1.29 is 14.7 Å². The Morgan fingerprint density at radius 3 is 2.61 bits per heavy atom. The second kappa shape index (κ2) is 6.74. The van der Waals surface area contributed by atoms with Crippen LogP contribution in [0.25, 0.3) is 0 Å². The molecule has 0 radical (unpaired) electrons. The van der Waals surface area contributed by atoms with Crippen LogP contribution < -0.4 is 5.32 Å². The third kappa shape index (κ3) is 4.53. The lowest BCUT2D eigenvalue weighted by Gasteiger charge is -2.06. The van der Waals surface area contributed by atoms with E-state index in [2.05, 4.69) is 24.1 Å². The van der Waals surface area contributed by atoms with Gasteiger partial charge < -0.3 is 10.4 Å². The molecular weight excluding hydrogens is 232 g/mol. The average Bonchev–Trinajstić information content (AvgIpc) is 2.34. The lowest BCUT2D eigenvalue weighted by Crippen LogP contribution is -2.24. The summed E-state index contributed by atoms with van der Waals surface area (Å²) in [5.41, 5.74) is 0.316. The Morgan fingerprint density at radius 2 is 2.11 bits per heavy atom. The summed E-state index contributed by atoms with van der Waals surface area (Å²) in [4.78, 5) is 26.0. The molecule has 18 heavy (non-hydrogen) atoms. The van der Waals surface area contributed by atoms with Gasteiger partial charge >= 0.3 is 5.97 Å². The number of nitrogens with zero attached hydrogens (tertiary/aromatic N) is 1. The highest BCUT2D eigenvalue weighted by molar-refractivity contribution is 5.94. The van der Waals surface area contributed by atoms with Gasteiger partial charge in [0.25, 0.3) is 5.91 Å². The molecule has 1 rings (SSSR count). The average molecular weight is 250 g/mol. The summed E-state index contributed by atoms with van der Waals surface area (Å²) >= 11 is 0. The molecular formula is C13H18N2O3. The Hall–Kier alpha value is -1.91. The van der Waals surface area contributed by atoms with E-state index in [-0.39, 0.29) is 11.6 Å². The summed E-state index contributed by atoms with van der Waals surface area (Å²) in [6.07, 6.45) is 3.28. The third-order valence-electron chi connectivity index (χ3n) is 2.49. The summed E-state index contributed by atoms with van der Waals surface area (Å²) in [7, 11) is 0. The first-order valence-electron chi connectivity index (χ1n) is 5.98. The molecule has 1 heterocycles. The van der Waals surface area contributed by atoms with E-state index in [0.29, 0.717) is 18.0 Å². The Morgan fingerprint density at radius 1 is 1.39 bits per heavy atom. The number of pyridine rings is 1. The van der Waals surface area contributed by atoms with Crippen molar-refractivity contribution in [3.63, 3.8) is 0 Å². The quantitative estimate of drug-likeness (QED) is 0.756. The molecule has 0 spiro atoms. The molecule has 1 aromatic heterocycles. The van der Waals surface area contributed by atoms with Crippen LogP contribution in [0.4, 0.5) is 0 Å². The number of aromatic carboxylic acids is 1. The van der Waals surface area contributed by atoms with E-state index in [0.717, 1.165) is 12.8 Å². The highest BCUT2D eigenvalue weighted by Crippen LogP contribution is 2.03. The van der Waals surface area contributed by atoms with Gasteiger partial charge in [-0.25, -0.2) is 9.78 Å². The number of aromatic nitrogens is 1. The monoisotopic (exact) mass is 250 g/mol. The minimum atomic E-state index is -1.10. The lowest BCUT2D eigenvalue weighted by molar-refractivity contribution is 0.0689. The summed E-state index contributed by atoms with van der Waals surface area (Å²) in [6, 6.07) is 2.79. The van der Waals surface area contributed by atoms with Crippen LogP contribution in [0.1, 0.15) is 47.5 Å². The Balaban J connectivity index is 2.44. The van der Waals surface area contributed by atoms with Gasteiger partial charge in [0.2, 0.25) is 0 Å². The molecule has 0 aliphatic carbocycles. The molecule has 0 saturated heterocycles. The second-order valence-corrected chi connectivity index (χ2v) is 4.53. The maximum atomic E-state index is 11.7. The first-order chi connectivity index (χ1) is 8.50. The van der Waals surface area contributed by atoms with Gasteiger partial charge in [-0.15, -0.1) is 0 Å². The predicted molar refractivity (Wildman–Crippen MR) is 67.6 cm³/mol. The molecule has 2 N–H and O–H groups in total. The van der Waals surface area contributed by atoms with Gasteiger partial charge in [-0.3, -0.25) is 4.79 Å². The van der Waals surface area contributed by atoms with Crippen LogP contribution in [0, 0.1) is 5.92 Å². The van der Waals surface area contributed by atoms with Gasteiger partial charge in [0, 0.05) is 12.7 Å². The fraction of sp³-hybridized carbons (Fsp3) is 0.462. The molecule has 1 aromatic rings. The topological polar surface area (TPSA) is 79.3 Å². The van der Waals surface area contributed by atoms with Gasteiger partial charge in [-0.2, -0.15) is 0 Å². The molecule has 0 saturated carbocycles. The SMILES string of the molecule is CC(C)CCCNC(=O)c1ccc(C(=O)O)nc1. The third-order valence-corrected chi connectivity index (χ3v) is 2.49. The number of hydrogen-bond acceptors (Lipinski definition) is 3. The Kier molecular flexibility index (Phi) is 5.30. The van der Waals surface area contributed by atoms with E-state index in [1.807, 2.05) is 0 Å². The maximum absolute atomic E-state index is 11.7. The van der Waals surface area contributed by atoms with Gasteiger partial charge in [0.1, 0.15) is 5.69 Å². The van der Waals surface area contributed by atoms with Crippen LogP contribution in [-0.4, -0.2) is 28.5 Å². The zero-order valence-corrected chi connectivity index (χ0v) is 10.6. The van der Waals surface area contributed by atoms with E-state index in [4.69, 9.17) is 5.11 Å². The van der Waals surface area contributed by atoms with E-state index >= 15 is 0 Å². The van der Waals surface area contributed by atoms with E-state index in [1.54, 1.807) is 0 Å². The molecule has 0 fully saturated rings. The van der Waals surface area contributed by atoms with Gasteiger partial charge in [-0.05, 0) is 30.9 Å². The van der Waals surface area contributed by atoms with Gasteiger partial charge in [-0.1, -0.05) is 13.8 Å². The largest absolute Gasteiger partial charge is 0.477 e. The van der Waals surface area contributed by atoms with Crippen molar-refractivity contribution >= 4 is 11.9 Å². The molecule has 5 nitrogen and oxygen atoms in total. The smallest absolute Gasteiger partial charge is 0.354 e. The van der Waals surface area contributed by atoms with Crippen molar-refractivity contribution in [3.8, 4) is 0 Å². The predicted octanol–water partition coefficient (Wildman–Crippen LogP) is 1.95. The molecule has 0 unspecified atom stereocenters. The van der Waals surface area contributed by atoms with Crippen molar-refractivity contribution in [2.24, 2.45) is 5.92 Å². The first-order valence-corrected chi connectivity index (χ1v) is 5.98. The summed E-state index contributed by atoms with van der Waals surface area (Å²) in [6.45, 7) is 4.89. The highest BCUT2D eigenvalue weighted by Gasteiger charge is 2.08. The standard InChI is InChI=1S/C13H18N2O3/c1-9(2)4-3-7-14-12(16)10-5-6-11(13(17)18)15-8-10/h5-6,8-9H,3-4,7H2,1-2H3,(H,14,16)(H,17,18). The zero-order chi connectivity index (χ0) is 13.5. The van der Waals surface area contributed by atoms with Crippen LogP contribution in [0.5, 0.6) is 0 Å². The number of hydrogen-bond donors (Lipinski definition) is 2. The molecule has 1 amide bonds. The van der Waals surface area contributed by atoms with Gasteiger partial charge in [0.15, 0.2) is 0 Å². The maximum Gasteiger partial charge on any atom is 0.354 e. The fourth-order valence-electron chi connectivity index (χ4n) is 1.47. The number of carbonyl (C=O) groups excluding carboxylic acids is 1. The molecule has 0 atom stereocenters. The fourth-order valence-corrected chi connectivity index (χ4v) is 1.47. The molecule has 5 heteroatoms. The summed E-state index contributed by atoms with van der Waals surface area (Å²) in [5.74, 6) is -0.694. The van der Waals surface area contributed by atoms with Crippen LogP contribution in [0.2, 0.25) is 0 Å². The van der Waals surface area contributed by atoms with Gasteiger partial charge in [0.05, 0.1) is 5.56 Å². The van der Waals surface area contributed by atoms with Crippen molar-refractivity contribution in [3.05, 3.63) is 29.6 Å². The Bertz CT molecular complexity index is 413. The first kappa shape index (κ1) is 14.2. The van der Waals surface area contributed by atoms with Crippen molar-refractivity contribution in [1.82, 2.24) is 10.3 Å². The number of nitrogens with one attached hydrogen (secondary N) is 1. The van der Waals surface area contributed by atoms with E-state index in [1.165, 1.54) is 18.3 Å². The van der Waals surface area contributed by atoms with E-state index in [9.17, 15) is 9.59 Å². The van der Waals surface area contributed by atoms with Crippen LogP contribution in [-0.2, 0) is 0 Å².